The fourth-order valence-corrected chi connectivity index (χ4v) is 1.93. The van der Waals surface area contributed by atoms with E-state index in [0.29, 0.717) is 6.42 Å². The summed E-state index contributed by atoms with van der Waals surface area (Å²) in [4.78, 5) is 11.0. The Morgan fingerprint density at radius 3 is 2.50 bits per heavy atom. The van der Waals surface area contributed by atoms with Gasteiger partial charge in [-0.25, -0.2) is 4.68 Å². The van der Waals surface area contributed by atoms with Crippen molar-refractivity contribution < 1.29 is 4.79 Å². The summed E-state index contributed by atoms with van der Waals surface area (Å²) in [6, 6.07) is 9.69. The number of carbonyl (C=O) groups is 1. The number of Topliss-reactive ketones (excluding diaryl/α,β-unsaturated/α-hetero) is 1. The summed E-state index contributed by atoms with van der Waals surface area (Å²) < 4.78 is 2.70. The first-order valence-corrected chi connectivity index (χ1v) is 5.74. The number of hydrogen-bond acceptors (Lipinski definition) is 2. The lowest BCUT2D eigenvalue weighted by atomic mass is 10.1. The average molecular weight is 279 g/mol. The Balaban J connectivity index is 2.26. The predicted octanol–water partition coefficient (Wildman–Crippen LogP) is 2.77. The molecule has 1 aromatic heterocycles. The van der Waals surface area contributed by atoms with Crippen molar-refractivity contribution in [2.45, 2.75) is 13.3 Å². The number of halogens is 1. The molecule has 0 saturated carbocycles. The largest absolute Gasteiger partial charge is 0.300 e. The first-order chi connectivity index (χ1) is 7.66. The molecule has 4 heteroatoms. The number of ketones is 1. The molecule has 0 unspecified atom stereocenters. The fraction of sp³-hybridized carbons (Fsp3) is 0.167. The van der Waals surface area contributed by atoms with Crippen molar-refractivity contribution in [1.82, 2.24) is 9.78 Å². The Bertz CT molecular complexity index is 502. The third-order valence-electron chi connectivity index (χ3n) is 2.23. The lowest BCUT2D eigenvalue weighted by molar-refractivity contribution is -0.116. The Morgan fingerprint density at radius 2 is 2.00 bits per heavy atom. The van der Waals surface area contributed by atoms with Crippen molar-refractivity contribution in [2.75, 3.05) is 0 Å². The summed E-state index contributed by atoms with van der Waals surface area (Å²) in [5, 5.41) is 4.18. The van der Waals surface area contributed by atoms with Crippen LogP contribution in [0.3, 0.4) is 0 Å². The van der Waals surface area contributed by atoms with Gasteiger partial charge in [0.2, 0.25) is 0 Å². The van der Waals surface area contributed by atoms with Crippen LogP contribution in [0.4, 0.5) is 0 Å². The maximum atomic E-state index is 11.0. The second kappa shape index (κ2) is 4.61. The fourth-order valence-electron chi connectivity index (χ4n) is 1.52. The third kappa shape index (κ3) is 2.39. The molecule has 82 valence electrons. The van der Waals surface area contributed by atoms with Crippen molar-refractivity contribution in [3.8, 4) is 5.69 Å². The van der Waals surface area contributed by atoms with Crippen LogP contribution in [0.1, 0.15) is 12.5 Å². The standard InChI is InChI=1S/C12H11BrN2O/c1-9(16)8-10-2-4-11(5-3-10)15-12(13)6-7-14-15/h2-7H,8H2,1H3. The van der Waals surface area contributed by atoms with E-state index < -0.39 is 0 Å². The molecule has 1 heterocycles. The zero-order valence-electron chi connectivity index (χ0n) is 8.85. The lowest BCUT2D eigenvalue weighted by Crippen LogP contribution is -1.99. The van der Waals surface area contributed by atoms with Gasteiger partial charge < -0.3 is 0 Å². The molecule has 0 fully saturated rings. The number of benzene rings is 1. The molecule has 2 rings (SSSR count). The van der Waals surface area contributed by atoms with Gasteiger partial charge in [0.05, 0.1) is 11.9 Å². The Kier molecular flexibility index (Phi) is 3.19. The number of rotatable bonds is 3. The zero-order chi connectivity index (χ0) is 11.5. The molecule has 1 aromatic carbocycles. The minimum atomic E-state index is 0.174. The summed E-state index contributed by atoms with van der Waals surface area (Å²) in [5.41, 5.74) is 2.00. The maximum Gasteiger partial charge on any atom is 0.134 e. The summed E-state index contributed by atoms with van der Waals surface area (Å²) in [6.07, 6.45) is 2.22. The van der Waals surface area contributed by atoms with Gasteiger partial charge in [0, 0.05) is 6.42 Å². The van der Waals surface area contributed by atoms with Crippen molar-refractivity contribution >= 4 is 21.7 Å². The van der Waals surface area contributed by atoms with Gasteiger partial charge in [-0.05, 0) is 46.6 Å². The van der Waals surface area contributed by atoms with Gasteiger partial charge >= 0.3 is 0 Å². The van der Waals surface area contributed by atoms with Gasteiger partial charge in [-0.2, -0.15) is 5.10 Å². The van der Waals surface area contributed by atoms with Gasteiger partial charge in [-0.3, -0.25) is 4.79 Å². The zero-order valence-corrected chi connectivity index (χ0v) is 10.4. The molecule has 0 bridgehead atoms. The van der Waals surface area contributed by atoms with Crippen LogP contribution < -0.4 is 0 Å². The molecular formula is C12H11BrN2O. The van der Waals surface area contributed by atoms with E-state index in [4.69, 9.17) is 0 Å². The van der Waals surface area contributed by atoms with Crippen LogP contribution in [0.25, 0.3) is 5.69 Å². The van der Waals surface area contributed by atoms with Gasteiger partial charge in [0.25, 0.3) is 0 Å². The molecule has 0 aliphatic rings. The Hall–Kier alpha value is -1.42. The molecule has 0 aliphatic carbocycles. The Labute approximate surface area is 102 Å². The Morgan fingerprint density at radius 1 is 1.31 bits per heavy atom. The van der Waals surface area contributed by atoms with Crippen LogP contribution in [0.2, 0.25) is 0 Å². The van der Waals surface area contributed by atoms with Crippen LogP contribution in [0, 0.1) is 0 Å². The van der Waals surface area contributed by atoms with Crippen molar-refractivity contribution in [1.29, 1.82) is 0 Å². The molecule has 0 saturated heterocycles. The van der Waals surface area contributed by atoms with E-state index in [0.717, 1.165) is 15.9 Å². The summed E-state index contributed by atoms with van der Waals surface area (Å²) in [6.45, 7) is 1.60. The molecular weight excluding hydrogens is 268 g/mol. The van der Waals surface area contributed by atoms with Crippen LogP contribution in [-0.4, -0.2) is 15.6 Å². The minimum Gasteiger partial charge on any atom is -0.300 e. The first kappa shape index (κ1) is 11.1. The molecule has 0 amide bonds. The number of aromatic nitrogens is 2. The highest BCUT2D eigenvalue weighted by atomic mass is 79.9. The quantitative estimate of drug-likeness (QED) is 0.866. The van der Waals surface area contributed by atoms with Crippen LogP contribution in [0.15, 0.2) is 41.1 Å². The minimum absolute atomic E-state index is 0.174. The topological polar surface area (TPSA) is 34.9 Å². The van der Waals surface area contributed by atoms with Crippen molar-refractivity contribution in [3.05, 3.63) is 46.7 Å². The molecule has 0 radical (unpaired) electrons. The van der Waals surface area contributed by atoms with E-state index in [1.165, 1.54) is 0 Å². The van der Waals surface area contributed by atoms with Gasteiger partial charge in [-0.15, -0.1) is 0 Å². The van der Waals surface area contributed by atoms with Gasteiger partial charge in [-0.1, -0.05) is 12.1 Å². The predicted molar refractivity (Wildman–Crippen MR) is 65.6 cm³/mol. The van der Waals surface area contributed by atoms with Crippen molar-refractivity contribution in [2.24, 2.45) is 0 Å². The van der Waals surface area contributed by atoms with E-state index >= 15 is 0 Å². The average Bonchev–Trinajstić information content (AvgIpc) is 2.65. The maximum absolute atomic E-state index is 11.0. The van der Waals surface area contributed by atoms with Gasteiger partial charge in [0.1, 0.15) is 10.4 Å². The summed E-state index contributed by atoms with van der Waals surface area (Å²) in [7, 11) is 0. The highest BCUT2D eigenvalue weighted by Gasteiger charge is 2.02. The number of nitrogens with zero attached hydrogens (tertiary/aromatic N) is 2. The van der Waals surface area contributed by atoms with E-state index in [2.05, 4.69) is 21.0 Å². The molecule has 16 heavy (non-hydrogen) atoms. The van der Waals surface area contributed by atoms with E-state index in [9.17, 15) is 4.79 Å². The number of hydrogen-bond donors (Lipinski definition) is 0. The van der Waals surface area contributed by atoms with E-state index in [-0.39, 0.29) is 5.78 Å². The van der Waals surface area contributed by atoms with E-state index in [1.807, 2.05) is 30.3 Å². The highest BCUT2D eigenvalue weighted by Crippen LogP contribution is 2.16. The highest BCUT2D eigenvalue weighted by molar-refractivity contribution is 9.10. The second-order valence-corrected chi connectivity index (χ2v) is 4.42. The van der Waals surface area contributed by atoms with Gasteiger partial charge in [0.15, 0.2) is 0 Å². The van der Waals surface area contributed by atoms with Crippen molar-refractivity contribution in [3.63, 3.8) is 0 Å². The lowest BCUT2D eigenvalue weighted by Gasteiger charge is -2.04. The third-order valence-corrected chi connectivity index (χ3v) is 2.83. The summed E-state index contributed by atoms with van der Waals surface area (Å²) in [5.74, 6) is 0.174. The molecule has 3 nitrogen and oxygen atoms in total. The smallest absolute Gasteiger partial charge is 0.134 e. The van der Waals surface area contributed by atoms with Crippen LogP contribution in [0.5, 0.6) is 0 Å². The van der Waals surface area contributed by atoms with Crippen LogP contribution >= 0.6 is 15.9 Å². The van der Waals surface area contributed by atoms with E-state index in [1.54, 1.807) is 17.8 Å². The first-order valence-electron chi connectivity index (χ1n) is 4.95. The summed E-state index contributed by atoms with van der Waals surface area (Å²) >= 11 is 3.41. The molecule has 2 aromatic rings. The number of carbonyl (C=O) groups excluding carboxylic acids is 1. The second-order valence-electron chi connectivity index (χ2n) is 3.61. The molecule has 0 atom stereocenters. The molecule has 0 spiro atoms. The molecule has 0 N–H and O–H groups in total. The monoisotopic (exact) mass is 278 g/mol. The SMILES string of the molecule is CC(=O)Cc1ccc(-n2nccc2Br)cc1. The molecule has 0 aliphatic heterocycles. The normalized spacial score (nSPS) is 10.4. The van der Waals surface area contributed by atoms with Crippen LogP contribution in [-0.2, 0) is 11.2 Å².